The van der Waals surface area contributed by atoms with Gasteiger partial charge < -0.3 is 15.0 Å². The molecular formula is C24H21N3O2S. The first-order valence-electron chi connectivity index (χ1n) is 9.81. The Morgan fingerprint density at radius 1 is 1.03 bits per heavy atom. The molecule has 0 bridgehead atoms. The Morgan fingerprint density at radius 2 is 1.80 bits per heavy atom. The first-order valence-corrected chi connectivity index (χ1v) is 10.2. The van der Waals surface area contributed by atoms with Gasteiger partial charge in [0.05, 0.1) is 24.0 Å². The van der Waals surface area contributed by atoms with Crippen LogP contribution in [-0.2, 0) is 6.54 Å². The molecule has 2 aliphatic rings. The van der Waals surface area contributed by atoms with Gasteiger partial charge in [-0.05, 0) is 42.9 Å². The fraction of sp³-hybridized carbons (Fsp3) is 0.167. The van der Waals surface area contributed by atoms with Crippen LogP contribution in [0.5, 0.6) is 5.75 Å². The third-order valence-corrected chi connectivity index (χ3v) is 5.97. The Kier molecular flexibility index (Phi) is 4.44. The van der Waals surface area contributed by atoms with Gasteiger partial charge in [-0.3, -0.25) is 9.69 Å². The summed E-state index contributed by atoms with van der Waals surface area (Å²) in [5.74, 6) is 0.696. The van der Waals surface area contributed by atoms with Gasteiger partial charge in [0.2, 0.25) is 0 Å². The summed E-state index contributed by atoms with van der Waals surface area (Å²) in [6.45, 7) is 2.54. The molecule has 0 spiro atoms. The molecule has 0 aliphatic carbocycles. The number of nitrogens with one attached hydrogen (secondary N) is 1. The van der Waals surface area contributed by atoms with Crippen molar-refractivity contribution in [3.63, 3.8) is 0 Å². The maximum Gasteiger partial charge on any atom is 0.258 e. The van der Waals surface area contributed by atoms with Gasteiger partial charge in [-0.1, -0.05) is 54.1 Å². The van der Waals surface area contributed by atoms with E-state index in [9.17, 15) is 4.79 Å². The standard InChI is InChI=1S/C24H21N3O2S/c1-15-10-12-16(13-11-15)14-26-22-18-7-5-9-20(29-2)21(18)25-24(30)27(22)19-8-4-3-6-17(19)23(26)28/h3-13,22H,14H2,1-2H3,(H,25,30). The van der Waals surface area contributed by atoms with Crippen LogP contribution >= 0.6 is 12.2 Å². The normalized spacial score (nSPS) is 17.1. The van der Waals surface area contributed by atoms with Crippen LogP contribution in [0.1, 0.15) is 33.2 Å². The van der Waals surface area contributed by atoms with E-state index >= 15 is 0 Å². The van der Waals surface area contributed by atoms with E-state index in [1.54, 1.807) is 7.11 Å². The number of anilines is 2. The monoisotopic (exact) mass is 415 g/mol. The highest BCUT2D eigenvalue weighted by molar-refractivity contribution is 7.80. The SMILES string of the molecule is COc1cccc2c1NC(=S)N1c3ccccc3C(=O)N(Cc3ccc(C)cc3)C21. The lowest BCUT2D eigenvalue weighted by Crippen LogP contribution is -2.54. The third-order valence-electron chi connectivity index (χ3n) is 5.68. The van der Waals surface area contributed by atoms with E-state index in [-0.39, 0.29) is 12.1 Å². The average Bonchev–Trinajstić information content (AvgIpc) is 2.77. The van der Waals surface area contributed by atoms with Crippen LogP contribution in [0, 0.1) is 6.92 Å². The highest BCUT2D eigenvalue weighted by Crippen LogP contribution is 2.47. The fourth-order valence-electron chi connectivity index (χ4n) is 4.21. The van der Waals surface area contributed by atoms with Crippen LogP contribution in [0.3, 0.4) is 0 Å². The zero-order chi connectivity index (χ0) is 20.8. The molecule has 0 saturated carbocycles. The molecule has 2 heterocycles. The minimum atomic E-state index is -0.354. The highest BCUT2D eigenvalue weighted by atomic mass is 32.1. The lowest BCUT2D eigenvalue weighted by atomic mass is 9.97. The Balaban J connectivity index is 1.70. The maximum atomic E-state index is 13.6. The minimum absolute atomic E-state index is 0.00843. The molecule has 3 aromatic rings. The van der Waals surface area contributed by atoms with Gasteiger partial charge >= 0.3 is 0 Å². The Morgan fingerprint density at radius 3 is 2.57 bits per heavy atom. The van der Waals surface area contributed by atoms with Crippen LogP contribution < -0.4 is 15.0 Å². The molecule has 1 unspecified atom stereocenters. The predicted molar refractivity (Wildman–Crippen MR) is 122 cm³/mol. The molecule has 3 aromatic carbocycles. The highest BCUT2D eigenvalue weighted by Gasteiger charge is 2.44. The van der Waals surface area contributed by atoms with E-state index in [2.05, 4.69) is 36.5 Å². The van der Waals surface area contributed by atoms with Crippen molar-refractivity contribution >= 4 is 34.6 Å². The van der Waals surface area contributed by atoms with Gasteiger partial charge in [-0.25, -0.2) is 0 Å². The molecule has 30 heavy (non-hydrogen) atoms. The molecule has 5 rings (SSSR count). The molecule has 1 atom stereocenters. The van der Waals surface area contributed by atoms with Crippen molar-refractivity contribution in [3.05, 3.63) is 89.0 Å². The van der Waals surface area contributed by atoms with E-state index in [1.165, 1.54) is 5.56 Å². The molecule has 0 aromatic heterocycles. The number of carbonyl (C=O) groups is 1. The lowest BCUT2D eigenvalue weighted by molar-refractivity contribution is 0.0645. The van der Waals surface area contributed by atoms with Gasteiger partial charge in [-0.2, -0.15) is 0 Å². The summed E-state index contributed by atoms with van der Waals surface area (Å²) in [5, 5.41) is 3.87. The fourth-order valence-corrected chi connectivity index (χ4v) is 4.51. The number of para-hydroxylation sites is 2. The van der Waals surface area contributed by atoms with Gasteiger partial charge in [0.15, 0.2) is 5.11 Å². The summed E-state index contributed by atoms with van der Waals surface area (Å²) in [5.41, 5.74) is 5.50. The smallest absolute Gasteiger partial charge is 0.258 e. The number of aryl methyl sites for hydroxylation is 1. The van der Waals surface area contributed by atoms with E-state index in [0.717, 1.165) is 22.5 Å². The molecule has 1 N–H and O–H groups in total. The van der Waals surface area contributed by atoms with Gasteiger partial charge in [0, 0.05) is 12.1 Å². The van der Waals surface area contributed by atoms with E-state index in [1.807, 2.05) is 52.3 Å². The number of hydrogen-bond acceptors (Lipinski definition) is 3. The van der Waals surface area contributed by atoms with E-state index < -0.39 is 0 Å². The molecule has 0 fully saturated rings. The van der Waals surface area contributed by atoms with Crippen molar-refractivity contribution in [2.45, 2.75) is 19.6 Å². The second kappa shape index (κ2) is 7.15. The van der Waals surface area contributed by atoms with E-state index in [4.69, 9.17) is 17.0 Å². The maximum absolute atomic E-state index is 13.6. The predicted octanol–water partition coefficient (Wildman–Crippen LogP) is 4.88. The second-order valence-electron chi connectivity index (χ2n) is 7.53. The summed E-state index contributed by atoms with van der Waals surface area (Å²) < 4.78 is 5.56. The van der Waals surface area contributed by atoms with Crippen LogP contribution in [-0.4, -0.2) is 23.0 Å². The number of amides is 1. The van der Waals surface area contributed by atoms with Crippen LogP contribution in [0.15, 0.2) is 66.7 Å². The van der Waals surface area contributed by atoms with Crippen molar-refractivity contribution in [2.24, 2.45) is 0 Å². The summed E-state index contributed by atoms with van der Waals surface area (Å²) in [7, 11) is 1.64. The molecule has 0 radical (unpaired) electrons. The third kappa shape index (κ3) is 2.83. The Bertz CT molecular complexity index is 1160. The summed E-state index contributed by atoms with van der Waals surface area (Å²) in [6.07, 6.45) is -0.354. The van der Waals surface area contributed by atoms with Crippen LogP contribution in [0.25, 0.3) is 0 Å². The largest absolute Gasteiger partial charge is 0.495 e. The summed E-state index contributed by atoms with van der Waals surface area (Å²) in [4.78, 5) is 17.5. The van der Waals surface area contributed by atoms with Crippen molar-refractivity contribution in [1.29, 1.82) is 0 Å². The number of thiocarbonyl (C=S) groups is 1. The number of hydrogen-bond donors (Lipinski definition) is 1. The number of carbonyl (C=O) groups excluding carboxylic acids is 1. The number of nitrogens with zero attached hydrogens (tertiary/aromatic N) is 2. The number of ether oxygens (including phenoxy) is 1. The zero-order valence-electron chi connectivity index (χ0n) is 16.8. The Labute approximate surface area is 180 Å². The topological polar surface area (TPSA) is 44.8 Å². The van der Waals surface area contributed by atoms with Gasteiger partial charge in [0.25, 0.3) is 5.91 Å². The van der Waals surface area contributed by atoms with Crippen molar-refractivity contribution in [3.8, 4) is 5.75 Å². The van der Waals surface area contributed by atoms with Crippen molar-refractivity contribution in [1.82, 2.24) is 4.90 Å². The average molecular weight is 416 g/mol. The van der Waals surface area contributed by atoms with E-state index in [0.29, 0.717) is 23.0 Å². The number of benzene rings is 3. The molecule has 6 heteroatoms. The molecule has 0 saturated heterocycles. The first kappa shape index (κ1) is 18.6. The molecule has 2 aliphatic heterocycles. The number of rotatable bonds is 3. The van der Waals surface area contributed by atoms with Crippen LogP contribution in [0.2, 0.25) is 0 Å². The summed E-state index contributed by atoms with van der Waals surface area (Å²) in [6, 6.07) is 21.8. The van der Waals surface area contributed by atoms with Crippen LogP contribution in [0.4, 0.5) is 11.4 Å². The zero-order valence-corrected chi connectivity index (χ0v) is 17.6. The van der Waals surface area contributed by atoms with Gasteiger partial charge in [0.1, 0.15) is 11.9 Å². The first-order chi connectivity index (χ1) is 14.6. The number of fused-ring (bicyclic) bond motifs is 5. The Hall–Kier alpha value is -3.38. The molecule has 150 valence electrons. The quantitative estimate of drug-likeness (QED) is 0.618. The minimum Gasteiger partial charge on any atom is -0.495 e. The summed E-state index contributed by atoms with van der Waals surface area (Å²) >= 11 is 5.76. The number of methoxy groups -OCH3 is 1. The molecule has 5 nitrogen and oxygen atoms in total. The van der Waals surface area contributed by atoms with Gasteiger partial charge in [-0.15, -0.1) is 0 Å². The molecule has 1 amide bonds. The van der Waals surface area contributed by atoms with Crippen molar-refractivity contribution < 1.29 is 9.53 Å². The molecular weight excluding hydrogens is 394 g/mol. The second-order valence-corrected chi connectivity index (χ2v) is 7.92. The van der Waals surface area contributed by atoms with Crippen molar-refractivity contribution in [2.75, 3.05) is 17.3 Å². The lowest BCUT2D eigenvalue weighted by Gasteiger charge is -2.48.